The van der Waals surface area contributed by atoms with Crippen LogP contribution < -0.4 is 5.73 Å². The predicted octanol–water partition coefficient (Wildman–Crippen LogP) is 1.84. The summed E-state index contributed by atoms with van der Waals surface area (Å²) in [5, 5.41) is 0. The molecule has 0 atom stereocenters. The lowest BCUT2D eigenvalue weighted by atomic mass is 9.66. The molecule has 4 nitrogen and oxygen atoms in total. The fraction of sp³-hybridized carbons (Fsp3) is 0.938. The zero-order chi connectivity index (χ0) is 14.6. The number of carbonyl (C=O) groups is 1. The number of hydrogen-bond acceptors (Lipinski definition) is 3. The van der Waals surface area contributed by atoms with Crippen molar-refractivity contribution in [1.82, 2.24) is 9.80 Å². The van der Waals surface area contributed by atoms with Gasteiger partial charge in [-0.3, -0.25) is 4.79 Å². The van der Waals surface area contributed by atoms with Crippen LogP contribution in [0.2, 0.25) is 0 Å². The highest BCUT2D eigenvalue weighted by atomic mass is 16.2. The highest BCUT2D eigenvalue weighted by Crippen LogP contribution is 2.43. The van der Waals surface area contributed by atoms with E-state index in [-0.39, 0.29) is 5.41 Å². The van der Waals surface area contributed by atoms with Gasteiger partial charge >= 0.3 is 0 Å². The average molecular weight is 281 g/mol. The third-order valence-electron chi connectivity index (χ3n) is 5.52. The van der Waals surface area contributed by atoms with Gasteiger partial charge in [0.25, 0.3) is 0 Å². The van der Waals surface area contributed by atoms with E-state index in [1.54, 1.807) is 0 Å². The second kappa shape index (κ2) is 6.90. The van der Waals surface area contributed by atoms with E-state index in [1.807, 2.05) is 0 Å². The van der Waals surface area contributed by atoms with Crippen LogP contribution >= 0.6 is 0 Å². The summed E-state index contributed by atoms with van der Waals surface area (Å²) >= 11 is 0. The average Bonchev–Trinajstić information content (AvgIpc) is 2.45. The quantitative estimate of drug-likeness (QED) is 0.808. The molecular formula is C16H31N3O. The van der Waals surface area contributed by atoms with Crippen molar-refractivity contribution in [1.29, 1.82) is 0 Å². The van der Waals surface area contributed by atoms with Crippen molar-refractivity contribution >= 4 is 5.91 Å². The van der Waals surface area contributed by atoms with Crippen molar-refractivity contribution in [3.8, 4) is 0 Å². The Hall–Kier alpha value is -0.610. The number of rotatable bonds is 6. The van der Waals surface area contributed by atoms with Crippen molar-refractivity contribution in [2.75, 3.05) is 32.7 Å². The topological polar surface area (TPSA) is 49.6 Å². The molecule has 4 heteroatoms. The van der Waals surface area contributed by atoms with Crippen LogP contribution in [0.5, 0.6) is 0 Å². The Morgan fingerprint density at radius 3 is 2.25 bits per heavy atom. The molecule has 2 aliphatic rings. The van der Waals surface area contributed by atoms with Crippen LogP contribution in [0.1, 0.15) is 52.4 Å². The summed E-state index contributed by atoms with van der Waals surface area (Å²) in [5.41, 5.74) is 6.01. The largest absolute Gasteiger partial charge is 0.343 e. The van der Waals surface area contributed by atoms with Crippen molar-refractivity contribution in [3.63, 3.8) is 0 Å². The molecule has 1 saturated heterocycles. The Bertz CT molecular complexity index is 310. The molecule has 1 aliphatic heterocycles. The second-order valence-electron chi connectivity index (χ2n) is 6.57. The molecule has 0 aromatic rings. The first-order chi connectivity index (χ1) is 9.64. The molecule has 2 N–H and O–H groups in total. The molecule has 0 spiro atoms. The van der Waals surface area contributed by atoms with Crippen LogP contribution in [-0.2, 0) is 4.79 Å². The monoisotopic (exact) mass is 281 g/mol. The van der Waals surface area contributed by atoms with E-state index in [2.05, 4.69) is 23.6 Å². The fourth-order valence-electron chi connectivity index (χ4n) is 3.78. The third kappa shape index (κ3) is 3.34. The minimum absolute atomic E-state index is 0.146. The van der Waals surface area contributed by atoms with E-state index >= 15 is 0 Å². The smallest absolute Gasteiger partial charge is 0.223 e. The summed E-state index contributed by atoms with van der Waals surface area (Å²) in [7, 11) is 0. The lowest BCUT2D eigenvalue weighted by Crippen LogP contribution is -2.49. The van der Waals surface area contributed by atoms with E-state index in [0.29, 0.717) is 24.9 Å². The summed E-state index contributed by atoms with van der Waals surface area (Å²) in [4.78, 5) is 17.0. The van der Waals surface area contributed by atoms with Crippen molar-refractivity contribution in [3.05, 3.63) is 0 Å². The zero-order valence-corrected chi connectivity index (χ0v) is 13.2. The van der Waals surface area contributed by atoms with Gasteiger partial charge in [0.1, 0.15) is 0 Å². The number of nitrogens with zero attached hydrogens (tertiary/aromatic N) is 2. The van der Waals surface area contributed by atoms with E-state index in [1.165, 1.54) is 6.42 Å². The molecule has 0 bridgehead atoms. The van der Waals surface area contributed by atoms with Gasteiger partial charge in [0, 0.05) is 25.6 Å². The van der Waals surface area contributed by atoms with Crippen LogP contribution in [0.3, 0.4) is 0 Å². The highest BCUT2D eigenvalue weighted by Gasteiger charge is 2.39. The summed E-state index contributed by atoms with van der Waals surface area (Å²) in [6.45, 7) is 9.22. The van der Waals surface area contributed by atoms with Gasteiger partial charge in [0.05, 0.1) is 0 Å². The zero-order valence-electron chi connectivity index (χ0n) is 13.2. The van der Waals surface area contributed by atoms with Gasteiger partial charge in [0.15, 0.2) is 0 Å². The highest BCUT2D eigenvalue weighted by molar-refractivity contribution is 5.77. The number of amides is 1. The van der Waals surface area contributed by atoms with Crippen LogP contribution in [-0.4, -0.2) is 54.5 Å². The number of carbonyl (C=O) groups excluding carboxylic acids is 1. The normalized spacial score (nSPS) is 22.9. The fourth-order valence-corrected chi connectivity index (χ4v) is 3.78. The molecule has 0 radical (unpaired) electrons. The lowest BCUT2D eigenvalue weighted by molar-refractivity contribution is -0.136. The van der Waals surface area contributed by atoms with E-state index < -0.39 is 0 Å². The molecule has 2 rings (SSSR count). The van der Waals surface area contributed by atoms with E-state index in [0.717, 1.165) is 51.9 Å². The molecular weight excluding hydrogens is 250 g/mol. The van der Waals surface area contributed by atoms with Gasteiger partial charge in [-0.15, -0.1) is 0 Å². The van der Waals surface area contributed by atoms with Crippen molar-refractivity contribution in [2.45, 2.75) is 58.4 Å². The Kier molecular flexibility index (Phi) is 5.44. The standard InChI is InChI=1S/C16H31N3O/c1-3-18(4-2)14-6-10-19(11-7-14)15(20)12-16(13-17)8-5-9-16/h14H,3-13,17H2,1-2H3. The van der Waals surface area contributed by atoms with Gasteiger partial charge in [-0.05, 0) is 50.7 Å². The number of likely N-dealkylation sites (tertiary alicyclic amines) is 1. The first-order valence-electron chi connectivity index (χ1n) is 8.36. The van der Waals surface area contributed by atoms with E-state index in [4.69, 9.17) is 5.73 Å². The summed E-state index contributed by atoms with van der Waals surface area (Å²) in [6, 6.07) is 0.668. The first-order valence-corrected chi connectivity index (χ1v) is 8.36. The first kappa shape index (κ1) is 15.8. The van der Waals surface area contributed by atoms with Crippen LogP contribution in [0.15, 0.2) is 0 Å². The maximum atomic E-state index is 12.4. The maximum Gasteiger partial charge on any atom is 0.223 e. The van der Waals surface area contributed by atoms with Crippen LogP contribution in [0, 0.1) is 5.41 Å². The summed E-state index contributed by atoms with van der Waals surface area (Å²) < 4.78 is 0. The number of nitrogens with two attached hydrogens (primary N) is 1. The molecule has 2 fully saturated rings. The van der Waals surface area contributed by atoms with E-state index in [9.17, 15) is 4.79 Å². The van der Waals surface area contributed by atoms with Crippen molar-refractivity contribution < 1.29 is 4.79 Å². The maximum absolute atomic E-state index is 12.4. The van der Waals surface area contributed by atoms with Gasteiger partial charge in [-0.1, -0.05) is 20.3 Å². The Morgan fingerprint density at radius 2 is 1.85 bits per heavy atom. The number of piperidine rings is 1. The van der Waals surface area contributed by atoms with Gasteiger partial charge in [0.2, 0.25) is 5.91 Å². The lowest BCUT2D eigenvalue weighted by Gasteiger charge is -2.43. The number of hydrogen-bond donors (Lipinski definition) is 1. The molecule has 1 heterocycles. The van der Waals surface area contributed by atoms with Crippen molar-refractivity contribution in [2.24, 2.45) is 11.1 Å². The Morgan fingerprint density at radius 1 is 1.25 bits per heavy atom. The van der Waals surface area contributed by atoms with Gasteiger partial charge in [-0.25, -0.2) is 0 Å². The second-order valence-corrected chi connectivity index (χ2v) is 6.57. The third-order valence-corrected chi connectivity index (χ3v) is 5.52. The SMILES string of the molecule is CCN(CC)C1CCN(C(=O)CC2(CN)CCC2)CC1. The van der Waals surface area contributed by atoms with Crippen LogP contribution in [0.25, 0.3) is 0 Å². The molecule has 0 aromatic heterocycles. The molecule has 1 aliphatic carbocycles. The minimum Gasteiger partial charge on any atom is -0.343 e. The predicted molar refractivity (Wildman–Crippen MR) is 82.5 cm³/mol. The molecule has 116 valence electrons. The van der Waals surface area contributed by atoms with Gasteiger partial charge < -0.3 is 15.5 Å². The summed E-state index contributed by atoms with van der Waals surface area (Å²) in [6.07, 6.45) is 6.47. The molecule has 1 saturated carbocycles. The molecule has 20 heavy (non-hydrogen) atoms. The Labute approximate surface area is 123 Å². The van der Waals surface area contributed by atoms with Crippen LogP contribution in [0.4, 0.5) is 0 Å². The van der Waals surface area contributed by atoms with Gasteiger partial charge in [-0.2, -0.15) is 0 Å². The summed E-state index contributed by atoms with van der Waals surface area (Å²) in [5.74, 6) is 0.341. The molecule has 1 amide bonds. The molecule has 0 aromatic carbocycles. The minimum atomic E-state index is 0.146. The molecule has 0 unspecified atom stereocenters. The Balaban J connectivity index is 1.80.